The molecule has 19 aromatic carbocycles. The Labute approximate surface area is 1620 Å². The summed E-state index contributed by atoms with van der Waals surface area (Å²) in [4.78, 5) is 0. The zero-order valence-corrected chi connectivity index (χ0v) is 176. The molecule has 19 aromatic rings. The van der Waals surface area contributed by atoms with Crippen LogP contribution >= 0.6 is 0 Å². The molecule has 0 aliphatic carbocycles. The van der Waals surface area contributed by atoms with Crippen LogP contribution in [0, 0.1) is 46.8 Å². The summed E-state index contributed by atoms with van der Waals surface area (Å²) < 4.78 is 0. The largest absolute Gasteiger partial charge is 0.226 e. The van der Waals surface area contributed by atoms with Gasteiger partial charge in [-0.25, -0.2) is 11.1 Å². The van der Waals surface area contributed by atoms with Crippen LogP contribution in [-0.4, -0.2) is 0 Å². The molecule has 0 nitrogen and oxygen atoms in total. The molecule has 645 valence electrons. The Bertz CT molecular complexity index is 5710. The first-order valence-corrected chi connectivity index (χ1v) is 40.3. The second-order valence-corrected chi connectivity index (χ2v) is 23.6. The van der Waals surface area contributed by atoms with Gasteiger partial charge in [-0.15, -0.1) is 28.5 Å². The smallest absolute Gasteiger partial charge is 0 e. The molecule has 0 heterocycles. The summed E-state index contributed by atoms with van der Waals surface area (Å²) >= 11 is 0. The predicted molar refractivity (Wildman–Crippen MR) is 494 cm³/mol. The molecular weight excluding hydrogens is 4040 g/mol. The summed E-state index contributed by atoms with van der Waals surface area (Å²) in [6.07, 6.45) is 0. The van der Waals surface area contributed by atoms with E-state index in [0.29, 0.717) is 0 Å². The summed E-state index contributed by atoms with van der Waals surface area (Å²) in [6.45, 7) is 50.8. The standard InChI is InChI=1S/C19H14.4C17H12.10C2H6.31Y/c1-13-12-19-16-8-3-2-6-14(16)10-11-18(19)17-9-5-4-7-15(13)17;1-11-10-14-6-2-4-12-8-9-13-5-3-7-15(11)17(13)16(12)14;1-11-9-14-7-5-12-3-2-4-13-6-8-15(10-11)17(14)16(12)13;1-11-5-6-14-8-7-12-3-2-4-13-9-10-15(11)17(14)16(12)13;1-13-9-11-15(12-10-13)17-8-4-6-14-5-2-3-7-16(14)17;10*1-2;;;;;;;;;;;;;;;;;;;;;;;;;;;;;;;/h2-12H,1H3;3*2-10H,1H3;2-7,9-11H,1H3;10*1-2H3;;;;;;;;;;;;;;;;;;;;;;;;;;;;;;;/q;;;;-2;;;;;;;;;;;;;;;;;;;;;;;;;;;;;;;;;;;;;;;;;. The quantitative estimate of drug-likeness (QED) is 0.114. The van der Waals surface area contributed by atoms with Crippen LogP contribution in [0.5, 0.6) is 0 Å². The van der Waals surface area contributed by atoms with Crippen molar-refractivity contribution in [2.45, 2.75) is 173 Å². The molecular formula is C107H122Y31-2. The van der Waals surface area contributed by atoms with E-state index in [0.717, 1.165) is 11.1 Å². The Morgan fingerprint density at radius 1 is 0.145 bits per heavy atom. The molecule has 0 aromatic heterocycles. The van der Waals surface area contributed by atoms with Gasteiger partial charge < -0.3 is 0 Å². The summed E-state index contributed by atoms with van der Waals surface area (Å²) in [5, 5.41) is 35.2. The van der Waals surface area contributed by atoms with E-state index in [1.165, 1.54) is 168 Å². The molecule has 138 heavy (non-hydrogen) atoms. The van der Waals surface area contributed by atoms with Crippen LogP contribution in [0.1, 0.15) is 166 Å². The zero-order valence-electron chi connectivity index (χ0n) is 87.5. The average Bonchev–Trinajstić information content (AvgIpc) is 0.750. The summed E-state index contributed by atoms with van der Waals surface area (Å²) in [6, 6.07) is 109. The topological polar surface area (TPSA) is 0 Å². The van der Waals surface area contributed by atoms with E-state index in [4.69, 9.17) is 0 Å². The first kappa shape index (κ1) is 230. The van der Waals surface area contributed by atoms with Crippen molar-refractivity contribution in [3.05, 3.63) is 325 Å². The van der Waals surface area contributed by atoms with Crippen molar-refractivity contribution in [1.29, 1.82) is 0 Å². The van der Waals surface area contributed by atoms with Crippen LogP contribution in [0.15, 0.2) is 285 Å². The molecule has 0 saturated heterocycles. The SMILES string of the molecule is CC.CC.CC.CC.CC.CC.CC.CC.CC.CC.Cc1c[c-]c(-c2[c-]ccc3ccccc23)cc1.Cc1cc2c3ccccc3ccc2c2ccccc12.Cc1cc2ccc3cccc4ccc(c1)c2c34.Cc1cc2cccc3ccc4cccc1c4c32.Cc1ccc2ccc3cccc4ccc1c2c34.[Y].[Y].[Y].[Y].[Y].[Y].[Y].[Y].[Y].[Y].[Y].[Y].[Y].[Y].[Y].[Y].[Y].[Y].[Y].[Y].[Y].[Y].[Y].[Y].[Y].[Y].[Y].[Y].[Y].[Y].[Y]. The molecule has 0 atom stereocenters. The van der Waals surface area contributed by atoms with Gasteiger partial charge in [0, 0.05) is 1010 Å². The van der Waals surface area contributed by atoms with Gasteiger partial charge in [0.1, 0.15) is 0 Å². The van der Waals surface area contributed by atoms with Gasteiger partial charge in [-0.05, 0) is 179 Å². The van der Waals surface area contributed by atoms with Crippen molar-refractivity contribution in [3.8, 4) is 11.1 Å². The van der Waals surface area contributed by atoms with Gasteiger partial charge >= 0.3 is 0 Å². The van der Waals surface area contributed by atoms with Crippen LogP contribution in [0.2, 0.25) is 0 Å². The molecule has 0 amide bonds. The van der Waals surface area contributed by atoms with Gasteiger partial charge in [0.05, 0.1) is 0 Å². The monoisotopic (exact) mass is 4160 g/mol. The fourth-order valence-corrected chi connectivity index (χ4v) is 13.8. The number of hydrogen-bond acceptors (Lipinski definition) is 0. The minimum absolute atomic E-state index is 0. The summed E-state index contributed by atoms with van der Waals surface area (Å²) in [5.74, 6) is 0. The Morgan fingerprint density at radius 3 is 0.790 bits per heavy atom. The Balaban J connectivity index is -0.0000000405. The molecule has 19 rings (SSSR count). The van der Waals surface area contributed by atoms with E-state index in [9.17, 15) is 0 Å². The Morgan fingerprint density at radius 2 is 0.391 bits per heavy atom. The third-order valence-electron chi connectivity index (χ3n) is 18.0. The molecule has 0 saturated carbocycles. The third kappa shape index (κ3) is 69.9. The van der Waals surface area contributed by atoms with Crippen molar-refractivity contribution in [2.75, 3.05) is 0 Å². The maximum absolute atomic E-state index is 3.32. The van der Waals surface area contributed by atoms with E-state index in [-0.39, 0.29) is 1010 Å². The van der Waals surface area contributed by atoms with Crippen molar-refractivity contribution < 1.29 is 1010 Å². The molecule has 31 heteroatoms. The fourth-order valence-electron chi connectivity index (χ4n) is 13.8. The van der Waals surface area contributed by atoms with Gasteiger partial charge in [-0.1, -0.05) is 394 Å². The number of aryl methyl sites for hydroxylation is 5. The predicted octanol–water partition coefficient (Wildman–Crippen LogP) is 34.7. The van der Waals surface area contributed by atoms with E-state index in [2.05, 4.69) is 320 Å². The number of fused-ring (bicyclic) bond motifs is 6. The summed E-state index contributed by atoms with van der Waals surface area (Å²) in [5.41, 5.74) is 8.86. The Kier molecular flexibility index (Phi) is 232. The van der Waals surface area contributed by atoms with Crippen molar-refractivity contribution in [1.82, 2.24) is 0 Å². The molecule has 31 radical (unpaired) electrons. The number of hydrogen-bond donors (Lipinski definition) is 0. The Hall–Kier alpha value is 23.6. The van der Waals surface area contributed by atoms with Crippen LogP contribution in [0.3, 0.4) is 0 Å². The minimum atomic E-state index is 0. The number of rotatable bonds is 1. The third-order valence-corrected chi connectivity index (χ3v) is 18.0. The van der Waals surface area contributed by atoms with E-state index in [1.54, 1.807) is 0 Å². The van der Waals surface area contributed by atoms with Crippen LogP contribution < -0.4 is 0 Å². The molecule has 0 fully saturated rings. The second kappa shape index (κ2) is 139. The van der Waals surface area contributed by atoms with E-state index in [1.807, 2.05) is 151 Å². The molecule has 0 spiro atoms. The van der Waals surface area contributed by atoms with Crippen LogP contribution in [-0.2, 0) is 1010 Å². The van der Waals surface area contributed by atoms with Gasteiger partial charge in [0.2, 0.25) is 0 Å². The molecule has 0 N–H and O–H groups in total. The van der Waals surface area contributed by atoms with Crippen molar-refractivity contribution in [2.24, 2.45) is 0 Å². The van der Waals surface area contributed by atoms with E-state index < -0.39 is 0 Å². The second-order valence-electron chi connectivity index (χ2n) is 23.6. The maximum Gasteiger partial charge on any atom is 0 e. The van der Waals surface area contributed by atoms with E-state index >= 15 is 0 Å². The first-order valence-electron chi connectivity index (χ1n) is 40.3. The molecule has 0 unspecified atom stereocenters. The van der Waals surface area contributed by atoms with Gasteiger partial charge in [-0.2, -0.15) is 36.4 Å². The summed E-state index contributed by atoms with van der Waals surface area (Å²) in [7, 11) is 0. The van der Waals surface area contributed by atoms with Crippen LogP contribution in [0.25, 0.3) is 151 Å². The number of benzene rings is 19. The minimum Gasteiger partial charge on any atom is -0.226 e. The van der Waals surface area contributed by atoms with Crippen LogP contribution in [0.4, 0.5) is 0 Å². The molecule has 0 aliphatic rings. The molecule has 0 bridgehead atoms. The van der Waals surface area contributed by atoms with Crippen molar-refractivity contribution in [3.63, 3.8) is 0 Å². The van der Waals surface area contributed by atoms with Crippen molar-refractivity contribution >= 4 is 140 Å². The molecule has 0 aliphatic heterocycles. The van der Waals surface area contributed by atoms with Gasteiger partial charge in [-0.3, -0.25) is 0 Å². The maximum atomic E-state index is 3.32. The first-order chi connectivity index (χ1) is 52.7. The average molecular weight is 4160 g/mol. The fraction of sp³-hybridized carbons (Fsp3) is 0.234. The normalized spacial score (nSPS) is 7.69. The van der Waals surface area contributed by atoms with Gasteiger partial charge in [0.15, 0.2) is 0 Å². The zero-order chi connectivity index (χ0) is 78.7. The van der Waals surface area contributed by atoms with Gasteiger partial charge in [0.25, 0.3) is 0 Å².